The van der Waals surface area contributed by atoms with Gasteiger partial charge in [-0.3, -0.25) is 0 Å². The maximum atomic E-state index is 4.38. The molecule has 0 aliphatic carbocycles. The molecule has 0 spiro atoms. The number of hydrogen-bond donors (Lipinski definition) is 0. The van der Waals surface area contributed by atoms with Gasteiger partial charge in [0.1, 0.15) is 15.0 Å². The lowest BCUT2D eigenvalue weighted by molar-refractivity contribution is 0.561. The van der Waals surface area contributed by atoms with E-state index in [0.717, 1.165) is 21.5 Å². The van der Waals surface area contributed by atoms with Gasteiger partial charge in [0, 0.05) is 12.5 Å². The Morgan fingerprint density at radius 1 is 1.42 bits per heavy atom. The summed E-state index contributed by atoms with van der Waals surface area (Å²) < 4.78 is 4.12. The van der Waals surface area contributed by atoms with Crippen LogP contribution in [-0.4, -0.2) is 9.55 Å². The fourth-order valence-electron chi connectivity index (χ4n) is 1.20. The van der Waals surface area contributed by atoms with E-state index in [0.29, 0.717) is 6.04 Å². The maximum Gasteiger partial charge on any atom is 0.139 e. The third kappa shape index (κ3) is 1.74. The second-order valence-corrected chi connectivity index (χ2v) is 4.43. The first-order valence-corrected chi connectivity index (χ1v) is 5.58. The predicted octanol–water partition coefficient (Wildman–Crippen LogP) is 3.55. The molecule has 1 aromatic rings. The van der Waals surface area contributed by atoms with Gasteiger partial charge in [0.25, 0.3) is 0 Å². The molecule has 0 N–H and O–H groups in total. The van der Waals surface area contributed by atoms with Crippen molar-refractivity contribution in [2.75, 3.05) is 0 Å². The Balaban J connectivity index is 3.21. The average Bonchev–Trinajstić information content (AvgIpc) is 2.28. The van der Waals surface area contributed by atoms with Crippen molar-refractivity contribution in [2.45, 2.75) is 33.2 Å². The number of hydrogen-bond acceptors (Lipinski definition) is 1. The highest BCUT2D eigenvalue weighted by Crippen LogP contribution is 2.27. The summed E-state index contributed by atoms with van der Waals surface area (Å²) in [6.07, 6.45) is 0.961. The molecule has 0 aliphatic rings. The van der Waals surface area contributed by atoms with Crippen LogP contribution in [0.4, 0.5) is 0 Å². The van der Waals surface area contributed by atoms with Gasteiger partial charge in [-0.05, 0) is 45.7 Å². The Hall–Kier alpha value is 0.170. The zero-order valence-electron chi connectivity index (χ0n) is 7.43. The van der Waals surface area contributed by atoms with Gasteiger partial charge in [-0.15, -0.1) is 0 Å². The minimum absolute atomic E-state index is 0.452. The van der Waals surface area contributed by atoms with Crippen molar-refractivity contribution in [3.05, 3.63) is 15.0 Å². The van der Waals surface area contributed by atoms with Crippen molar-refractivity contribution < 1.29 is 0 Å². The first-order chi connectivity index (χ1) is 5.57. The molecule has 12 heavy (non-hydrogen) atoms. The van der Waals surface area contributed by atoms with E-state index in [9.17, 15) is 0 Å². The maximum absolute atomic E-state index is 4.38. The van der Waals surface area contributed by atoms with Crippen LogP contribution in [0.1, 0.15) is 32.6 Å². The van der Waals surface area contributed by atoms with E-state index in [-0.39, 0.29) is 0 Å². The van der Waals surface area contributed by atoms with E-state index in [2.05, 4.69) is 62.2 Å². The topological polar surface area (TPSA) is 17.8 Å². The van der Waals surface area contributed by atoms with Gasteiger partial charge in [0.15, 0.2) is 0 Å². The van der Waals surface area contributed by atoms with E-state index < -0.39 is 0 Å². The Labute approximate surface area is 89.6 Å². The predicted molar refractivity (Wildman–Crippen MR) is 57.4 cm³/mol. The monoisotopic (exact) mass is 294 g/mol. The van der Waals surface area contributed by atoms with Crippen LogP contribution in [0.5, 0.6) is 0 Å². The lowest BCUT2D eigenvalue weighted by Crippen LogP contribution is -2.05. The number of imidazole rings is 1. The molecule has 1 rings (SSSR count). The second-order valence-electron chi connectivity index (χ2n) is 2.93. The standard InChI is InChI=1S/C8H12Br2N2/c1-4-6-11-7(9)8(10)12(6)5(2)3/h5H,4H2,1-3H3. The van der Waals surface area contributed by atoms with Crippen LogP contribution in [0, 0.1) is 0 Å². The summed E-state index contributed by atoms with van der Waals surface area (Å²) in [4.78, 5) is 4.38. The molecule has 0 aliphatic heterocycles. The van der Waals surface area contributed by atoms with Gasteiger partial charge in [-0.2, -0.15) is 0 Å². The molecule has 0 radical (unpaired) electrons. The van der Waals surface area contributed by atoms with Crippen molar-refractivity contribution in [2.24, 2.45) is 0 Å². The molecule has 0 aromatic carbocycles. The highest BCUT2D eigenvalue weighted by molar-refractivity contribution is 9.13. The van der Waals surface area contributed by atoms with E-state index in [4.69, 9.17) is 0 Å². The lowest BCUT2D eigenvalue weighted by Gasteiger charge is -2.11. The molecular weight excluding hydrogens is 284 g/mol. The van der Waals surface area contributed by atoms with E-state index in [1.807, 2.05) is 0 Å². The van der Waals surface area contributed by atoms with Gasteiger partial charge in [0.05, 0.1) is 0 Å². The van der Waals surface area contributed by atoms with Gasteiger partial charge in [-0.1, -0.05) is 6.92 Å². The highest BCUT2D eigenvalue weighted by atomic mass is 79.9. The van der Waals surface area contributed by atoms with Crippen LogP contribution in [0.15, 0.2) is 9.21 Å². The van der Waals surface area contributed by atoms with E-state index in [1.165, 1.54) is 0 Å². The van der Waals surface area contributed by atoms with Crippen LogP contribution >= 0.6 is 31.9 Å². The van der Waals surface area contributed by atoms with Crippen LogP contribution in [-0.2, 0) is 6.42 Å². The van der Waals surface area contributed by atoms with Gasteiger partial charge in [-0.25, -0.2) is 4.98 Å². The molecule has 0 bridgehead atoms. The largest absolute Gasteiger partial charge is 0.319 e. The van der Waals surface area contributed by atoms with Crippen LogP contribution in [0.3, 0.4) is 0 Å². The Kier molecular flexibility index (Phi) is 3.35. The number of halogens is 2. The molecule has 0 unspecified atom stereocenters. The molecular formula is C8H12Br2N2. The third-order valence-corrected chi connectivity index (χ3v) is 3.56. The lowest BCUT2D eigenvalue weighted by atomic mass is 10.3. The minimum Gasteiger partial charge on any atom is -0.319 e. The SMILES string of the molecule is CCc1nc(Br)c(Br)n1C(C)C. The molecule has 0 atom stereocenters. The van der Waals surface area contributed by atoms with Gasteiger partial charge in [0.2, 0.25) is 0 Å². The zero-order chi connectivity index (χ0) is 9.30. The van der Waals surface area contributed by atoms with Crippen molar-refractivity contribution in [1.82, 2.24) is 9.55 Å². The highest BCUT2D eigenvalue weighted by Gasteiger charge is 2.13. The van der Waals surface area contributed by atoms with Crippen molar-refractivity contribution in [3.8, 4) is 0 Å². The zero-order valence-corrected chi connectivity index (χ0v) is 10.6. The Morgan fingerprint density at radius 3 is 2.33 bits per heavy atom. The summed E-state index contributed by atoms with van der Waals surface area (Å²) in [6, 6.07) is 0.452. The van der Waals surface area contributed by atoms with Crippen molar-refractivity contribution in [1.29, 1.82) is 0 Å². The second kappa shape index (κ2) is 3.92. The summed E-state index contributed by atoms with van der Waals surface area (Å²) >= 11 is 6.89. The molecule has 0 saturated heterocycles. The number of aromatic nitrogens is 2. The molecule has 1 heterocycles. The molecule has 0 amide bonds. The summed E-state index contributed by atoms with van der Waals surface area (Å²) in [7, 11) is 0. The van der Waals surface area contributed by atoms with Crippen LogP contribution < -0.4 is 0 Å². The van der Waals surface area contributed by atoms with Crippen LogP contribution in [0.2, 0.25) is 0 Å². The number of rotatable bonds is 2. The fraction of sp³-hybridized carbons (Fsp3) is 0.625. The fourth-order valence-corrected chi connectivity index (χ4v) is 2.30. The first kappa shape index (κ1) is 10.3. The quantitative estimate of drug-likeness (QED) is 0.816. The average molecular weight is 296 g/mol. The third-order valence-electron chi connectivity index (χ3n) is 1.72. The number of aryl methyl sites for hydroxylation is 1. The van der Waals surface area contributed by atoms with Gasteiger partial charge < -0.3 is 4.57 Å². The Bertz CT molecular complexity index is 279. The summed E-state index contributed by atoms with van der Waals surface area (Å²) in [5, 5.41) is 0. The smallest absolute Gasteiger partial charge is 0.139 e. The molecule has 4 heteroatoms. The Morgan fingerprint density at radius 2 is 2.00 bits per heavy atom. The number of nitrogens with zero attached hydrogens (tertiary/aromatic N) is 2. The molecule has 0 saturated carbocycles. The van der Waals surface area contributed by atoms with E-state index >= 15 is 0 Å². The summed E-state index contributed by atoms with van der Waals surface area (Å²) in [6.45, 7) is 6.41. The summed E-state index contributed by atoms with van der Waals surface area (Å²) in [5.74, 6) is 1.11. The first-order valence-electron chi connectivity index (χ1n) is 4.00. The van der Waals surface area contributed by atoms with Gasteiger partial charge >= 0.3 is 0 Å². The normalized spacial score (nSPS) is 11.2. The molecule has 1 aromatic heterocycles. The van der Waals surface area contributed by atoms with Crippen molar-refractivity contribution >= 4 is 31.9 Å². The summed E-state index contributed by atoms with van der Waals surface area (Å²) in [5.41, 5.74) is 0. The van der Waals surface area contributed by atoms with E-state index in [1.54, 1.807) is 0 Å². The molecule has 2 nitrogen and oxygen atoms in total. The minimum atomic E-state index is 0.452. The molecule has 68 valence electrons. The van der Waals surface area contributed by atoms with Crippen LogP contribution in [0.25, 0.3) is 0 Å². The molecule has 0 fully saturated rings. The van der Waals surface area contributed by atoms with Crippen molar-refractivity contribution in [3.63, 3.8) is 0 Å².